The molecule has 0 aliphatic carbocycles. The van der Waals surface area contributed by atoms with Crippen LogP contribution in [-0.2, 0) is 16.0 Å². The lowest BCUT2D eigenvalue weighted by atomic mass is 9.88. The second-order valence-electron chi connectivity index (χ2n) is 7.68. The third-order valence-corrected chi connectivity index (χ3v) is 6.26. The highest BCUT2D eigenvalue weighted by Gasteiger charge is 2.29. The molecule has 0 unspecified atom stereocenters. The maximum absolute atomic E-state index is 12.1. The van der Waals surface area contributed by atoms with Gasteiger partial charge in [-0.1, -0.05) is 30.3 Å². The predicted molar refractivity (Wildman–Crippen MR) is 117 cm³/mol. The molecular formula is C24H20N2O2S. The molecule has 0 saturated heterocycles. The summed E-state index contributed by atoms with van der Waals surface area (Å²) in [7, 11) is 1.42. The molecule has 4 nitrogen and oxygen atoms in total. The van der Waals surface area contributed by atoms with Crippen molar-refractivity contribution in [2.45, 2.75) is 20.3 Å². The Labute approximate surface area is 173 Å². The van der Waals surface area contributed by atoms with Crippen LogP contribution in [0.3, 0.4) is 0 Å². The molecule has 0 aliphatic heterocycles. The van der Waals surface area contributed by atoms with Crippen molar-refractivity contribution in [3.63, 3.8) is 0 Å². The molecule has 2 aromatic carbocycles. The number of nitriles is 1. The maximum atomic E-state index is 12.1. The van der Waals surface area contributed by atoms with Gasteiger partial charge in [0.1, 0.15) is 0 Å². The van der Waals surface area contributed by atoms with Gasteiger partial charge in [0, 0.05) is 33.6 Å². The molecular weight excluding hydrogens is 380 g/mol. The zero-order chi connectivity index (χ0) is 20.6. The third kappa shape index (κ3) is 3.37. The number of thiophene rings is 1. The first-order valence-corrected chi connectivity index (χ1v) is 10.1. The number of nitrogens with zero attached hydrogens (tertiary/aromatic N) is 2. The molecule has 0 amide bonds. The van der Waals surface area contributed by atoms with Gasteiger partial charge in [-0.2, -0.15) is 5.26 Å². The van der Waals surface area contributed by atoms with Gasteiger partial charge < -0.3 is 4.74 Å². The van der Waals surface area contributed by atoms with E-state index in [1.165, 1.54) is 7.11 Å². The lowest BCUT2D eigenvalue weighted by molar-refractivity contribution is -0.150. The van der Waals surface area contributed by atoms with E-state index in [1.54, 1.807) is 11.3 Å². The predicted octanol–water partition coefficient (Wildman–Crippen LogP) is 5.73. The average molecular weight is 401 g/mol. The zero-order valence-corrected chi connectivity index (χ0v) is 17.3. The smallest absolute Gasteiger partial charge is 0.311 e. The van der Waals surface area contributed by atoms with Crippen molar-refractivity contribution in [3.05, 3.63) is 65.3 Å². The minimum atomic E-state index is -0.593. The van der Waals surface area contributed by atoms with Gasteiger partial charge in [0.25, 0.3) is 0 Å². The van der Waals surface area contributed by atoms with Crippen LogP contribution in [0.5, 0.6) is 0 Å². The molecule has 0 bridgehead atoms. The minimum absolute atomic E-state index is 0.216. The fourth-order valence-corrected chi connectivity index (χ4v) is 5.02. The Morgan fingerprint density at radius 2 is 1.86 bits per heavy atom. The van der Waals surface area contributed by atoms with Crippen LogP contribution in [0.1, 0.15) is 24.3 Å². The fourth-order valence-electron chi connectivity index (χ4n) is 3.73. The topological polar surface area (TPSA) is 63.0 Å². The summed E-state index contributed by atoms with van der Waals surface area (Å²) in [6.45, 7) is 3.80. The van der Waals surface area contributed by atoms with Crippen LogP contribution in [0.2, 0.25) is 0 Å². The van der Waals surface area contributed by atoms with Crippen molar-refractivity contribution in [3.8, 4) is 17.2 Å². The molecule has 0 fully saturated rings. The van der Waals surface area contributed by atoms with Crippen molar-refractivity contribution < 1.29 is 9.53 Å². The van der Waals surface area contributed by atoms with Crippen LogP contribution in [-0.4, -0.2) is 18.1 Å². The van der Waals surface area contributed by atoms with E-state index in [0.29, 0.717) is 12.0 Å². The van der Waals surface area contributed by atoms with E-state index in [1.807, 2.05) is 62.6 Å². The Morgan fingerprint density at radius 1 is 1.10 bits per heavy atom. The monoisotopic (exact) mass is 400 g/mol. The summed E-state index contributed by atoms with van der Waals surface area (Å²) >= 11 is 1.65. The number of aromatic nitrogens is 1. The quantitative estimate of drug-likeness (QED) is 0.410. The summed E-state index contributed by atoms with van der Waals surface area (Å²) in [5, 5.41) is 12.5. The largest absolute Gasteiger partial charge is 0.469 e. The van der Waals surface area contributed by atoms with E-state index in [4.69, 9.17) is 4.74 Å². The van der Waals surface area contributed by atoms with Crippen LogP contribution >= 0.6 is 11.3 Å². The van der Waals surface area contributed by atoms with Gasteiger partial charge in [-0.05, 0) is 43.4 Å². The molecule has 2 heterocycles. The Hall–Kier alpha value is -3.23. The number of rotatable bonds is 4. The number of esters is 1. The highest BCUT2D eigenvalue weighted by molar-refractivity contribution is 7.19. The van der Waals surface area contributed by atoms with Gasteiger partial charge in [0.15, 0.2) is 0 Å². The normalized spacial score (nSPS) is 11.5. The highest BCUT2D eigenvalue weighted by atomic mass is 32.1. The van der Waals surface area contributed by atoms with Gasteiger partial charge >= 0.3 is 5.97 Å². The van der Waals surface area contributed by atoms with Crippen LogP contribution in [0, 0.1) is 16.7 Å². The first kappa shape index (κ1) is 19.1. The standard InChI is InChI=1S/C24H20N2O2S/c1-24(2,23(27)28-3)11-16-10-20-21(13-26-14-22(20)29-16)19-9-8-15(12-25)17-6-4-5-7-18(17)19/h4-10,13-14H,11H2,1-3H3. The number of ether oxygens (including phenoxy) is 1. The second-order valence-corrected chi connectivity index (χ2v) is 8.85. The molecule has 0 aliphatic rings. The van der Waals surface area contributed by atoms with Gasteiger partial charge in [0.05, 0.1) is 28.9 Å². The Bertz CT molecular complexity index is 1280. The van der Waals surface area contributed by atoms with E-state index in [9.17, 15) is 10.1 Å². The average Bonchev–Trinajstić information content (AvgIpc) is 3.14. The number of hydrogen-bond donors (Lipinski definition) is 0. The summed E-state index contributed by atoms with van der Waals surface area (Å²) in [5.74, 6) is -0.216. The first-order chi connectivity index (χ1) is 13.9. The number of carbonyl (C=O) groups is 1. The maximum Gasteiger partial charge on any atom is 0.311 e. The number of benzene rings is 2. The van der Waals surface area contributed by atoms with Crippen LogP contribution in [0.4, 0.5) is 0 Å². The number of carbonyl (C=O) groups excluding carboxylic acids is 1. The molecule has 0 atom stereocenters. The molecule has 144 valence electrons. The van der Waals surface area contributed by atoms with Crippen molar-refractivity contribution in [2.75, 3.05) is 7.11 Å². The lowest BCUT2D eigenvalue weighted by Crippen LogP contribution is -2.27. The molecule has 0 saturated carbocycles. The van der Waals surface area contributed by atoms with Crippen molar-refractivity contribution >= 4 is 38.2 Å². The summed E-state index contributed by atoms with van der Waals surface area (Å²) in [6, 6.07) is 16.2. The van der Waals surface area contributed by atoms with Crippen LogP contribution < -0.4 is 0 Å². The second kappa shape index (κ2) is 7.31. The van der Waals surface area contributed by atoms with Crippen LogP contribution in [0.25, 0.3) is 32.0 Å². The molecule has 0 radical (unpaired) electrons. The minimum Gasteiger partial charge on any atom is -0.469 e. The number of pyridine rings is 1. The number of hydrogen-bond acceptors (Lipinski definition) is 5. The summed E-state index contributed by atoms with van der Waals surface area (Å²) in [6.07, 6.45) is 4.34. The summed E-state index contributed by atoms with van der Waals surface area (Å²) < 4.78 is 6.03. The molecule has 4 aromatic rings. The molecule has 0 N–H and O–H groups in total. The Morgan fingerprint density at radius 3 is 2.59 bits per heavy atom. The Kier molecular flexibility index (Phi) is 4.81. The van der Waals surface area contributed by atoms with Crippen LogP contribution in [0.15, 0.2) is 54.9 Å². The van der Waals surface area contributed by atoms with Crippen molar-refractivity contribution in [1.29, 1.82) is 5.26 Å². The molecule has 5 heteroatoms. The van der Waals surface area contributed by atoms with Gasteiger partial charge in [-0.3, -0.25) is 9.78 Å². The third-order valence-electron chi connectivity index (χ3n) is 5.19. The summed E-state index contributed by atoms with van der Waals surface area (Å²) in [5.41, 5.74) is 2.15. The van der Waals surface area contributed by atoms with Crippen molar-refractivity contribution in [1.82, 2.24) is 4.98 Å². The lowest BCUT2D eigenvalue weighted by Gasteiger charge is -2.20. The fraction of sp³-hybridized carbons (Fsp3) is 0.208. The van der Waals surface area contributed by atoms with Crippen molar-refractivity contribution in [2.24, 2.45) is 5.41 Å². The first-order valence-electron chi connectivity index (χ1n) is 9.31. The van der Waals surface area contributed by atoms with E-state index in [-0.39, 0.29) is 5.97 Å². The van der Waals surface area contributed by atoms with E-state index in [0.717, 1.165) is 36.9 Å². The van der Waals surface area contributed by atoms with E-state index in [2.05, 4.69) is 17.1 Å². The molecule has 4 rings (SSSR count). The Balaban J connectivity index is 1.87. The summed E-state index contributed by atoms with van der Waals surface area (Å²) in [4.78, 5) is 17.7. The zero-order valence-electron chi connectivity index (χ0n) is 16.5. The SMILES string of the molecule is COC(=O)C(C)(C)Cc1cc2c(-c3ccc(C#N)c4ccccc34)cncc2s1. The highest BCUT2D eigenvalue weighted by Crippen LogP contribution is 2.39. The van der Waals surface area contributed by atoms with E-state index < -0.39 is 5.41 Å². The number of methoxy groups -OCH3 is 1. The molecule has 29 heavy (non-hydrogen) atoms. The number of fused-ring (bicyclic) bond motifs is 2. The van der Waals surface area contributed by atoms with Gasteiger partial charge in [-0.15, -0.1) is 11.3 Å². The molecule has 0 spiro atoms. The molecule has 2 aromatic heterocycles. The van der Waals surface area contributed by atoms with E-state index >= 15 is 0 Å². The van der Waals surface area contributed by atoms with Gasteiger partial charge in [0.2, 0.25) is 0 Å². The van der Waals surface area contributed by atoms with Gasteiger partial charge in [-0.25, -0.2) is 0 Å².